The number of halogens is 1. The van der Waals surface area contributed by atoms with Gasteiger partial charge in [0, 0.05) is 29.7 Å². The van der Waals surface area contributed by atoms with Crippen molar-refractivity contribution in [1.82, 2.24) is 14.5 Å². The van der Waals surface area contributed by atoms with Gasteiger partial charge in [-0.05, 0) is 70.2 Å². The van der Waals surface area contributed by atoms with Crippen LogP contribution in [0.15, 0.2) is 54.9 Å². The first kappa shape index (κ1) is 28.0. The van der Waals surface area contributed by atoms with Crippen molar-refractivity contribution in [3.63, 3.8) is 0 Å². The quantitative estimate of drug-likeness (QED) is 0.262. The number of likely N-dealkylation sites (tertiary alicyclic amines) is 1. The average Bonchev–Trinajstić information content (AvgIpc) is 3.51. The molecule has 0 radical (unpaired) electrons. The van der Waals surface area contributed by atoms with Gasteiger partial charge >= 0.3 is 6.09 Å². The number of imidazole rings is 1. The van der Waals surface area contributed by atoms with E-state index in [0.717, 1.165) is 34.4 Å². The van der Waals surface area contributed by atoms with Crippen LogP contribution in [-0.4, -0.2) is 45.1 Å². The van der Waals surface area contributed by atoms with E-state index in [9.17, 15) is 9.59 Å². The standard InChI is InChI=1S/C30H33ClN4O4S/c1-18(21-7-5-6-8-22(21)31)38-25-16-26(40-27(25)28(32)36)35-17-33-23-10-9-20(15-24(23)35)19-11-13-34(14-12-19)29(37)39-30(2,3)4/h5-10,15-19H,11-14H2,1-4H3,(H2,32,36)/t18-/m1/s1. The summed E-state index contributed by atoms with van der Waals surface area (Å²) < 4.78 is 13.7. The Kier molecular flexibility index (Phi) is 7.79. The summed E-state index contributed by atoms with van der Waals surface area (Å²) >= 11 is 7.62. The second kappa shape index (κ2) is 11.1. The van der Waals surface area contributed by atoms with Crippen LogP contribution < -0.4 is 10.5 Å². The fourth-order valence-corrected chi connectivity index (χ4v) is 6.19. The molecule has 1 saturated heterocycles. The molecule has 10 heteroatoms. The van der Waals surface area contributed by atoms with Gasteiger partial charge < -0.3 is 20.1 Å². The summed E-state index contributed by atoms with van der Waals surface area (Å²) in [5, 5.41) is 1.37. The Bertz CT molecular complexity index is 1550. The van der Waals surface area contributed by atoms with Gasteiger partial charge in [-0.25, -0.2) is 9.78 Å². The minimum absolute atomic E-state index is 0.260. The van der Waals surface area contributed by atoms with Gasteiger partial charge in [-0.15, -0.1) is 11.3 Å². The number of rotatable bonds is 6. The number of hydrogen-bond donors (Lipinski definition) is 1. The maximum Gasteiger partial charge on any atom is 0.410 e. The SMILES string of the molecule is C[C@@H](Oc1cc(-n2cnc3ccc(C4CCN(C(=O)OC(C)(C)C)CC4)cc32)sc1C(N)=O)c1ccccc1Cl. The summed E-state index contributed by atoms with van der Waals surface area (Å²) in [6, 6.07) is 15.6. The monoisotopic (exact) mass is 580 g/mol. The van der Waals surface area contributed by atoms with Crippen LogP contribution in [0.4, 0.5) is 4.79 Å². The molecule has 210 valence electrons. The summed E-state index contributed by atoms with van der Waals surface area (Å²) in [6.45, 7) is 8.82. The van der Waals surface area contributed by atoms with Crippen molar-refractivity contribution in [3.8, 4) is 10.8 Å². The predicted molar refractivity (Wildman–Crippen MR) is 158 cm³/mol. The highest BCUT2D eigenvalue weighted by Crippen LogP contribution is 2.38. The predicted octanol–water partition coefficient (Wildman–Crippen LogP) is 7.09. The van der Waals surface area contributed by atoms with Crippen molar-refractivity contribution >= 4 is 46.0 Å². The molecule has 3 heterocycles. The minimum atomic E-state index is -0.556. The van der Waals surface area contributed by atoms with Crippen LogP contribution in [0.1, 0.15) is 73.4 Å². The molecular formula is C30H33ClN4O4S. The number of ether oxygens (including phenoxy) is 2. The fourth-order valence-electron chi connectivity index (χ4n) is 4.97. The Morgan fingerprint density at radius 1 is 1.12 bits per heavy atom. The lowest BCUT2D eigenvalue weighted by molar-refractivity contribution is 0.0204. The maximum absolute atomic E-state index is 12.5. The second-order valence-corrected chi connectivity index (χ2v) is 12.5. The zero-order chi connectivity index (χ0) is 28.6. The summed E-state index contributed by atoms with van der Waals surface area (Å²) in [6.07, 6.45) is 2.80. The number of thiophene rings is 1. The number of hydrogen-bond acceptors (Lipinski definition) is 6. The summed E-state index contributed by atoms with van der Waals surface area (Å²) in [5.74, 6) is 0.165. The van der Waals surface area contributed by atoms with E-state index >= 15 is 0 Å². The van der Waals surface area contributed by atoms with Crippen molar-refractivity contribution in [1.29, 1.82) is 0 Å². The molecule has 4 aromatic rings. The second-order valence-electron chi connectivity index (χ2n) is 11.0. The van der Waals surface area contributed by atoms with Gasteiger partial charge in [0.2, 0.25) is 0 Å². The maximum atomic E-state index is 12.5. The molecule has 0 spiro atoms. The lowest BCUT2D eigenvalue weighted by atomic mass is 9.89. The van der Waals surface area contributed by atoms with E-state index in [-0.39, 0.29) is 12.2 Å². The normalized spacial score (nSPS) is 15.3. The van der Waals surface area contributed by atoms with Crippen LogP contribution in [0.2, 0.25) is 5.02 Å². The third-order valence-corrected chi connectivity index (χ3v) is 8.46. The molecular weight excluding hydrogens is 548 g/mol. The van der Waals surface area contributed by atoms with Crippen molar-refractivity contribution < 1.29 is 19.1 Å². The number of primary amides is 1. The zero-order valence-electron chi connectivity index (χ0n) is 23.0. The number of amides is 2. The number of carbonyl (C=O) groups is 2. The highest BCUT2D eigenvalue weighted by Gasteiger charge is 2.28. The van der Waals surface area contributed by atoms with E-state index in [1.54, 1.807) is 17.3 Å². The largest absolute Gasteiger partial charge is 0.484 e. The van der Waals surface area contributed by atoms with Gasteiger partial charge in [0.25, 0.3) is 5.91 Å². The Morgan fingerprint density at radius 2 is 1.85 bits per heavy atom. The molecule has 0 bridgehead atoms. The van der Waals surface area contributed by atoms with Crippen LogP contribution in [0.3, 0.4) is 0 Å². The molecule has 1 aliphatic rings. The van der Waals surface area contributed by atoms with Gasteiger partial charge in [0.1, 0.15) is 33.7 Å². The Balaban J connectivity index is 1.38. The van der Waals surface area contributed by atoms with E-state index in [1.807, 2.05) is 62.6 Å². The lowest BCUT2D eigenvalue weighted by Crippen LogP contribution is -2.41. The number of carbonyl (C=O) groups excluding carboxylic acids is 2. The first-order chi connectivity index (χ1) is 19.0. The smallest absolute Gasteiger partial charge is 0.410 e. The molecule has 40 heavy (non-hydrogen) atoms. The van der Waals surface area contributed by atoms with Gasteiger partial charge in [-0.1, -0.05) is 35.9 Å². The first-order valence-electron chi connectivity index (χ1n) is 13.3. The average molecular weight is 581 g/mol. The van der Waals surface area contributed by atoms with Gasteiger partial charge in [0.05, 0.1) is 11.0 Å². The van der Waals surface area contributed by atoms with Crippen LogP contribution in [0, 0.1) is 0 Å². The van der Waals surface area contributed by atoms with E-state index in [0.29, 0.717) is 34.7 Å². The Hall–Kier alpha value is -3.56. The Morgan fingerprint density at radius 3 is 2.52 bits per heavy atom. The number of aromatic nitrogens is 2. The highest BCUT2D eigenvalue weighted by molar-refractivity contribution is 7.16. The van der Waals surface area contributed by atoms with E-state index < -0.39 is 11.5 Å². The number of fused-ring (bicyclic) bond motifs is 1. The van der Waals surface area contributed by atoms with Gasteiger partial charge in [-0.2, -0.15) is 0 Å². The summed E-state index contributed by atoms with van der Waals surface area (Å²) in [7, 11) is 0. The summed E-state index contributed by atoms with van der Waals surface area (Å²) in [4.78, 5) is 31.5. The molecule has 2 aromatic carbocycles. The van der Waals surface area contributed by atoms with E-state index in [4.69, 9.17) is 26.8 Å². The zero-order valence-corrected chi connectivity index (χ0v) is 24.6. The lowest BCUT2D eigenvalue weighted by Gasteiger charge is -2.33. The molecule has 1 aliphatic heterocycles. The molecule has 2 N–H and O–H groups in total. The third kappa shape index (κ3) is 5.95. The molecule has 2 amide bonds. The van der Waals surface area contributed by atoms with Crippen molar-refractivity contribution in [2.24, 2.45) is 5.73 Å². The molecule has 1 atom stereocenters. The molecule has 8 nitrogen and oxygen atoms in total. The highest BCUT2D eigenvalue weighted by atomic mass is 35.5. The molecule has 2 aromatic heterocycles. The molecule has 0 saturated carbocycles. The third-order valence-electron chi connectivity index (χ3n) is 6.98. The molecule has 0 aliphatic carbocycles. The van der Waals surface area contributed by atoms with Crippen LogP contribution in [-0.2, 0) is 4.74 Å². The van der Waals surface area contributed by atoms with Gasteiger partial charge in [0.15, 0.2) is 0 Å². The first-order valence-corrected chi connectivity index (χ1v) is 14.5. The van der Waals surface area contributed by atoms with Crippen molar-refractivity contribution in [2.75, 3.05) is 13.1 Å². The minimum Gasteiger partial charge on any atom is -0.484 e. The summed E-state index contributed by atoms with van der Waals surface area (Å²) in [5.41, 5.74) is 9.00. The Labute approximate surface area is 242 Å². The van der Waals surface area contributed by atoms with E-state index in [1.165, 1.54) is 16.9 Å². The van der Waals surface area contributed by atoms with Crippen LogP contribution >= 0.6 is 22.9 Å². The molecule has 5 rings (SSSR count). The van der Waals surface area contributed by atoms with Crippen molar-refractivity contribution in [3.05, 3.63) is 75.9 Å². The fraction of sp³-hybridized carbons (Fsp3) is 0.367. The molecule has 1 fully saturated rings. The molecule has 0 unspecified atom stereocenters. The van der Waals surface area contributed by atoms with Gasteiger partial charge in [-0.3, -0.25) is 9.36 Å². The van der Waals surface area contributed by atoms with Crippen molar-refractivity contribution in [2.45, 2.75) is 58.2 Å². The number of benzene rings is 2. The topological polar surface area (TPSA) is 99.7 Å². The number of piperidine rings is 1. The van der Waals surface area contributed by atoms with E-state index in [2.05, 4.69) is 17.1 Å². The number of nitrogens with zero attached hydrogens (tertiary/aromatic N) is 3. The van der Waals surface area contributed by atoms with Crippen LogP contribution in [0.25, 0.3) is 16.0 Å². The van der Waals surface area contributed by atoms with Crippen LogP contribution in [0.5, 0.6) is 5.75 Å². The number of nitrogens with two attached hydrogens (primary N) is 1.